The Labute approximate surface area is 122 Å². The van der Waals surface area contributed by atoms with E-state index in [1.807, 2.05) is 0 Å². The molecule has 2 saturated heterocycles. The summed E-state index contributed by atoms with van der Waals surface area (Å²) in [4.78, 5) is 2.47. The molecule has 2 aliphatic heterocycles. The van der Waals surface area contributed by atoms with Crippen LogP contribution in [-0.4, -0.2) is 62.0 Å². The molecule has 112 valence electrons. The topological polar surface area (TPSA) is 40.6 Å². The lowest BCUT2D eigenvalue weighted by Gasteiger charge is -2.35. The third-order valence-electron chi connectivity index (χ3n) is 4.60. The van der Waals surface area contributed by atoms with Crippen molar-refractivity contribution in [3.8, 4) is 0 Å². The van der Waals surface area contributed by atoms with Gasteiger partial charge >= 0.3 is 0 Å². The average molecular weight is 309 g/mol. The van der Waals surface area contributed by atoms with E-state index in [1.165, 1.54) is 12.7 Å². The third-order valence-corrected chi connectivity index (χ3v) is 6.18. The first kappa shape index (κ1) is 15.5. The van der Waals surface area contributed by atoms with Crippen LogP contribution < -0.4 is 0 Å². The number of rotatable bonds is 4. The van der Waals surface area contributed by atoms with Gasteiger partial charge in [0.2, 0.25) is 10.0 Å². The van der Waals surface area contributed by atoms with Gasteiger partial charge in [-0.15, -0.1) is 11.6 Å². The predicted molar refractivity (Wildman–Crippen MR) is 79.0 cm³/mol. The van der Waals surface area contributed by atoms with Gasteiger partial charge in [0, 0.05) is 31.6 Å². The molecule has 3 atom stereocenters. The molecule has 3 unspecified atom stereocenters. The van der Waals surface area contributed by atoms with E-state index in [4.69, 9.17) is 11.6 Å². The van der Waals surface area contributed by atoms with Gasteiger partial charge in [0.05, 0.1) is 6.26 Å². The molecule has 0 aromatic heterocycles. The van der Waals surface area contributed by atoms with Crippen LogP contribution in [0.25, 0.3) is 0 Å². The molecule has 0 radical (unpaired) electrons. The molecule has 19 heavy (non-hydrogen) atoms. The zero-order valence-corrected chi connectivity index (χ0v) is 13.5. The maximum atomic E-state index is 11.6. The molecular weight excluding hydrogens is 284 g/mol. The van der Waals surface area contributed by atoms with Crippen molar-refractivity contribution in [3.05, 3.63) is 0 Å². The normalized spacial score (nSPS) is 34.8. The zero-order valence-electron chi connectivity index (χ0n) is 11.9. The number of alkyl halides is 1. The zero-order chi connectivity index (χ0) is 14.0. The molecule has 0 aromatic rings. The fourth-order valence-corrected chi connectivity index (χ4v) is 4.81. The molecule has 0 aliphatic carbocycles. The van der Waals surface area contributed by atoms with Gasteiger partial charge in [-0.1, -0.05) is 6.92 Å². The summed E-state index contributed by atoms with van der Waals surface area (Å²) in [5.41, 5.74) is 0. The quantitative estimate of drug-likeness (QED) is 0.741. The highest BCUT2D eigenvalue weighted by atomic mass is 35.5. The SMILES string of the molecule is CC1CCN(CC2CCCN(S(C)(=O)=O)C2)C1CCl. The maximum Gasteiger partial charge on any atom is 0.211 e. The van der Waals surface area contributed by atoms with Gasteiger partial charge in [-0.3, -0.25) is 4.90 Å². The number of hydrogen-bond acceptors (Lipinski definition) is 3. The first-order valence-electron chi connectivity index (χ1n) is 7.17. The summed E-state index contributed by atoms with van der Waals surface area (Å²) in [7, 11) is -3.03. The second-order valence-electron chi connectivity index (χ2n) is 6.11. The second kappa shape index (κ2) is 6.29. The smallest absolute Gasteiger partial charge is 0.211 e. The predicted octanol–water partition coefficient (Wildman–Crippen LogP) is 1.61. The van der Waals surface area contributed by atoms with E-state index in [0.29, 0.717) is 36.8 Å². The molecule has 6 heteroatoms. The molecule has 2 rings (SSSR count). The van der Waals surface area contributed by atoms with E-state index in [2.05, 4.69) is 11.8 Å². The average Bonchev–Trinajstić information content (AvgIpc) is 2.69. The van der Waals surface area contributed by atoms with Crippen LogP contribution in [0, 0.1) is 11.8 Å². The highest BCUT2D eigenvalue weighted by molar-refractivity contribution is 7.88. The van der Waals surface area contributed by atoms with E-state index >= 15 is 0 Å². The monoisotopic (exact) mass is 308 g/mol. The minimum absolute atomic E-state index is 0.458. The summed E-state index contributed by atoms with van der Waals surface area (Å²) in [5.74, 6) is 1.80. The van der Waals surface area contributed by atoms with Crippen LogP contribution in [0.5, 0.6) is 0 Å². The molecule has 0 aromatic carbocycles. The molecule has 0 spiro atoms. The van der Waals surface area contributed by atoms with Crippen molar-refractivity contribution in [1.29, 1.82) is 0 Å². The Bertz CT molecular complexity index is 401. The summed E-state index contributed by atoms with van der Waals surface area (Å²) < 4.78 is 24.9. The second-order valence-corrected chi connectivity index (χ2v) is 8.40. The minimum Gasteiger partial charge on any atom is -0.299 e. The molecule has 4 nitrogen and oxygen atoms in total. The molecule has 2 aliphatic rings. The first-order valence-corrected chi connectivity index (χ1v) is 9.55. The highest BCUT2D eigenvalue weighted by Crippen LogP contribution is 2.28. The summed E-state index contributed by atoms with van der Waals surface area (Å²) >= 11 is 6.07. The summed E-state index contributed by atoms with van der Waals surface area (Å²) in [6.07, 6.45) is 4.63. The van der Waals surface area contributed by atoms with Crippen LogP contribution >= 0.6 is 11.6 Å². The van der Waals surface area contributed by atoms with Gasteiger partial charge in [0.15, 0.2) is 0 Å². The van der Waals surface area contributed by atoms with Gasteiger partial charge in [-0.05, 0) is 37.6 Å². The van der Waals surface area contributed by atoms with Crippen molar-refractivity contribution in [1.82, 2.24) is 9.21 Å². The van der Waals surface area contributed by atoms with Crippen molar-refractivity contribution >= 4 is 21.6 Å². The number of likely N-dealkylation sites (tertiary alicyclic amines) is 1. The van der Waals surface area contributed by atoms with E-state index in [9.17, 15) is 8.42 Å². The van der Waals surface area contributed by atoms with Crippen LogP contribution in [0.2, 0.25) is 0 Å². The Kier molecular flexibility index (Phi) is 5.15. The van der Waals surface area contributed by atoms with E-state index in [1.54, 1.807) is 4.31 Å². The van der Waals surface area contributed by atoms with E-state index in [0.717, 1.165) is 25.9 Å². The number of piperidine rings is 1. The van der Waals surface area contributed by atoms with E-state index < -0.39 is 10.0 Å². The van der Waals surface area contributed by atoms with Crippen molar-refractivity contribution in [3.63, 3.8) is 0 Å². The fraction of sp³-hybridized carbons (Fsp3) is 1.00. The highest BCUT2D eigenvalue weighted by Gasteiger charge is 2.33. The van der Waals surface area contributed by atoms with Crippen LogP contribution in [0.3, 0.4) is 0 Å². The van der Waals surface area contributed by atoms with Crippen molar-refractivity contribution < 1.29 is 8.42 Å². The lowest BCUT2D eigenvalue weighted by atomic mass is 9.98. The van der Waals surface area contributed by atoms with E-state index in [-0.39, 0.29) is 0 Å². The Morgan fingerprint density at radius 1 is 1.26 bits per heavy atom. The van der Waals surface area contributed by atoms with Gasteiger partial charge in [-0.25, -0.2) is 12.7 Å². The largest absolute Gasteiger partial charge is 0.299 e. The Hall–Kier alpha value is 0.160. The van der Waals surface area contributed by atoms with Gasteiger partial charge < -0.3 is 0 Å². The van der Waals surface area contributed by atoms with Crippen LogP contribution in [-0.2, 0) is 10.0 Å². The number of sulfonamides is 1. The molecule has 0 bridgehead atoms. The fourth-order valence-electron chi connectivity index (χ4n) is 3.37. The van der Waals surface area contributed by atoms with Crippen LogP contribution in [0.4, 0.5) is 0 Å². The molecule has 0 N–H and O–H groups in total. The maximum absolute atomic E-state index is 11.6. The molecular formula is C13H25ClN2O2S. The molecule has 0 amide bonds. The van der Waals surface area contributed by atoms with Crippen molar-refractivity contribution in [2.75, 3.05) is 38.3 Å². The number of halogens is 1. The number of hydrogen-bond donors (Lipinski definition) is 0. The van der Waals surface area contributed by atoms with Crippen molar-refractivity contribution in [2.45, 2.75) is 32.2 Å². The lowest BCUT2D eigenvalue weighted by molar-refractivity contribution is 0.167. The lowest BCUT2D eigenvalue weighted by Crippen LogP contribution is -2.45. The first-order chi connectivity index (χ1) is 8.91. The molecule has 0 saturated carbocycles. The standard InChI is InChI=1S/C13H25ClN2O2S/c1-11-5-7-15(13(11)8-14)9-12-4-3-6-16(10-12)19(2,17)18/h11-13H,3-10H2,1-2H3. The van der Waals surface area contributed by atoms with Crippen LogP contribution in [0.1, 0.15) is 26.2 Å². The summed E-state index contributed by atoms with van der Waals surface area (Å²) in [6.45, 7) is 5.72. The summed E-state index contributed by atoms with van der Waals surface area (Å²) in [5, 5.41) is 0. The minimum atomic E-state index is -3.03. The molecule has 2 heterocycles. The van der Waals surface area contributed by atoms with Gasteiger partial charge in [-0.2, -0.15) is 0 Å². The molecule has 2 fully saturated rings. The third kappa shape index (κ3) is 3.84. The Morgan fingerprint density at radius 3 is 2.63 bits per heavy atom. The number of nitrogens with zero attached hydrogens (tertiary/aromatic N) is 2. The van der Waals surface area contributed by atoms with Crippen molar-refractivity contribution in [2.24, 2.45) is 11.8 Å². The Morgan fingerprint density at radius 2 is 2.00 bits per heavy atom. The van der Waals surface area contributed by atoms with Crippen LogP contribution in [0.15, 0.2) is 0 Å². The van der Waals surface area contributed by atoms with Gasteiger partial charge in [0.1, 0.15) is 0 Å². The Balaban J connectivity index is 1.92. The van der Waals surface area contributed by atoms with Gasteiger partial charge in [0.25, 0.3) is 0 Å². The summed E-state index contributed by atoms with van der Waals surface area (Å²) in [6, 6.07) is 0.468.